The number of carbonyl (C=O) groups is 1. The lowest BCUT2D eigenvalue weighted by molar-refractivity contribution is -0.145. The summed E-state index contributed by atoms with van der Waals surface area (Å²) in [4.78, 5) is 11.7. The Labute approximate surface area is 155 Å². The highest BCUT2D eigenvalue weighted by atomic mass is 16.5. The van der Waals surface area contributed by atoms with Gasteiger partial charge in [-0.2, -0.15) is 0 Å². The van der Waals surface area contributed by atoms with Gasteiger partial charge in [0.15, 0.2) is 0 Å². The molecule has 142 valence electrons. The number of ether oxygens (including phenoxy) is 1. The minimum atomic E-state index is -0.247. The smallest absolute Gasteiger partial charge is 0.306 e. The van der Waals surface area contributed by atoms with E-state index in [4.69, 9.17) is 4.74 Å². The molecule has 4 rings (SSSR count). The highest BCUT2D eigenvalue weighted by Crippen LogP contribution is 2.64. The third kappa shape index (κ3) is 3.22. The molecule has 3 aliphatic carbocycles. The van der Waals surface area contributed by atoms with Gasteiger partial charge in [-0.05, 0) is 54.7 Å². The molecule has 0 spiro atoms. The van der Waals surface area contributed by atoms with E-state index < -0.39 is 0 Å². The van der Waals surface area contributed by atoms with E-state index in [9.17, 15) is 15.0 Å². The molecule has 0 saturated heterocycles. The Kier molecular flexibility index (Phi) is 5.05. The predicted octanol–water partition coefficient (Wildman–Crippen LogP) is 5.04. The van der Waals surface area contributed by atoms with Crippen LogP contribution in [0, 0.1) is 17.3 Å². The van der Waals surface area contributed by atoms with Crippen LogP contribution >= 0.6 is 0 Å². The van der Waals surface area contributed by atoms with Gasteiger partial charge >= 0.3 is 5.97 Å². The molecule has 26 heavy (non-hydrogen) atoms. The van der Waals surface area contributed by atoms with Gasteiger partial charge in [0.1, 0.15) is 18.1 Å². The van der Waals surface area contributed by atoms with Crippen molar-refractivity contribution in [1.29, 1.82) is 0 Å². The summed E-state index contributed by atoms with van der Waals surface area (Å²) in [5.41, 5.74) is 2.74. The van der Waals surface area contributed by atoms with Crippen molar-refractivity contribution >= 4 is 5.97 Å². The van der Waals surface area contributed by atoms with Gasteiger partial charge in [0.25, 0.3) is 0 Å². The van der Waals surface area contributed by atoms with Crippen molar-refractivity contribution in [3.63, 3.8) is 0 Å². The van der Waals surface area contributed by atoms with Crippen LogP contribution in [-0.2, 0) is 16.1 Å². The van der Waals surface area contributed by atoms with Crippen LogP contribution in [0.5, 0.6) is 11.5 Å². The molecular weight excluding hydrogens is 328 g/mol. The summed E-state index contributed by atoms with van der Waals surface area (Å²) in [5.74, 6) is 0.972. The molecule has 1 saturated carbocycles. The maximum absolute atomic E-state index is 11.7. The highest BCUT2D eigenvalue weighted by molar-refractivity contribution is 5.69. The van der Waals surface area contributed by atoms with Gasteiger partial charge in [0, 0.05) is 17.9 Å². The van der Waals surface area contributed by atoms with Crippen LogP contribution in [-0.4, -0.2) is 16.2 Å². The molecule has 2 N–H and O–H groups in total. The minimum Gasteiger partial charge on any atom is -0.507 e. The summed E-state index contributed by atoms with van der Waals surface area (Å²) in [6, 6.07) is 3.23. The highest BCUT2D eigenvalue weighted by Gasteiger charge is 2.55. The van der Waals surface area contributed by atoms with E-state index in [1.165, 1.54) is 5.57 Å². The molecule has 0 radical (unpaired) electrons. The number of unbranched alkanes of at least 4 members (excludes halogenated alkanes) is 1. The van der Waals surface area contributed by atoms with Gasteiger partial charge in [0.2, 0.25) is 0 Å². The second kappa shape index (κ2) is 6.98. The van der Waals surface area contributed by atoms with Crippen molar-refractivity contribution in [3.05, 3.63) is 34.9 Å². The predicted molar refractivity (Wildman–Crippen MR) is 101 cm³/mol. The summed E-state index contributed by atoms with van der Waals surface area (Å²) < 4.78 is 5.23. The molecule has 3 atom stereocenters. The quantitative estimate of drug-likeness (QED) is 0.552. The average Bonchev–Trinajstić information content (AvgIpc) is 2.56. The summed E-state index contributed by atoms with van der Waals surface area (Å²) in [7, 11) is 0. The van der Waals surface area contributed by atoms with Crippen LogP contribution in [0.15, 0.2) is 23.8 Å². The second-order valence-corrected chi connectivity index (χ2v) is 8.46. The first-order chi connectivity index (χ1) is 12.3. The third-order valence-electron chi connectivity index (χ3n) is 6.43. The van der Waals surface area contributed by atoms with Crippen LogP contribution in [0.2, 0.25) is 0 Å². The van der Waals surface area contributed by atoms with Crippen LogP contribution in [0.25, 0.3) is 0 Å². The van der Waals surface area contributed by atoms with E-state index in [2.05, 4.69) is 26.8 Å². The number of rotatable bonds is 6. The Balaban J connectivity index is 1.78. The van der Waals surface area contributed by atoms with Crippen LogP contribution in [0.1, 0.15) is 70.4 Å². The van der Waals surface area contributed by atoms with Gasteiger partial charge in [-0.1, -0.05) is 38.8 Å². The van der Waals surface area contributed by atoms with Crippen molar-refractivity contribution in [1.82, 2.24) is 0 Å². The van der Waals surface area contributed by atoms with Crippen molar-refractivity contribution < 1.29 is 19.7 Å². The number of allylic oxidation sites excluding steroid dienone is 2. The van der Waals surface area contributed by atoms with E-state index in [0.717, 1.165) is 19.3 Å². The van der Waals surface area contributed by atoms with Crippen molar-refractivity contribution in [2.24, 2.45) is 17.3 Å². The van der Waals surface area contributed by atoms with Gasteiger partial charge in [-0.25, -0.2) is 0 Å². The number of carbonyl (C=O) groups excluding carboxylic acids is 1. The standard InChI is InChI=1S/C22H30O4/c1-5-6-7-20(25)26-12-14-9-18(23)21(19(24)10-14)15-8-13(2)16-11-17(15)22(16,3)4/h8-10,15-17,23-24H,5-7,11-12H2,1-4H3/t15-,16?,17-/m0/s1. The van der Waals surface area contributed by atoms with Crippen molar-refractivity contribution in [3.8, 4) is 11.5 Å². The molecule has 4 heteroatoms. The first-order valence-electron chi connectivity index (χ1n) is 9.64. The number of fused-ring (bicyclic) bond motifs is 1. The topological polar surface area (TPSA) is 66.8 Å². The molecule has 2 bridgehead atoms. The Morgan fingerprint density at radius 1 is 1.27 bits per heavy atom. The number of hydrogen-bond donors (Lipinski definition) is 2. The van der Waals surface area contributed by atoms with Gasteiger partial charge in [-0.3, -0.25) is 4.79 Å². The second-order valence-electron chi connectivity index (χ2n) is 8.46. The molecule has 1 aromatic rings. The molecule has 0 heterocycles. The molecule has 0 amide bonds. The molecular formula is C22H30O4. The molecule has 0 aromatic heterocycles. The molecule has 1 unspecified atom stereocenters. The fraction of sp³-hybridized carbons (Fsp3) is 0.591. The zero-order valence-corrected chi connectivity index (χ0v) is 16.2. The number of benzene rings is 1. The summed E-state index contributed by atoms with van der Waals surface area (Å²) in [5, 5.41) is 21.2. The molecule has 1 fully saturated rings. The summed E-state index contributed by atoms with van der Waals surface area (Å²) >= 11 is 0. The van der Waals surface area contributed by atoms with Crippen LogP contribution in [0.3, 0.4) is 0 Å². The van der Waals surface area contributed by atoms with Gasteiger partial charge < -0.3 is 14.9 Å². The Hall–Kier alpha value is -1.97. The maximum Gasteiger partial charge on any atom is 0.306 e. The lowest BCUT2D eigenvalue weighted by Gasteiger charge is -2.59. The Morgan fingerprint density at radius 2 is 1.92 bits per heavy atom. The molecule has 3 aliphatic rings. The van der Waals surface area contributed by atoms with E-state index in [1.807, 2.05) is 6.92 Å². The van der Waals surface area contributed by atoms with Crippen LogP contribution < -0.4 is 0 Å². The normalized spacial score (nSPS) is 26.0. The first kappa shape index (κ1) is 18.8. The average molecular weight is 358 g/mol. The van der Waals surface area contributed by atoms with E-state index >= 15 is 0 Å². The fourth-order valence-electron chi connectivity index (χ4n) is 4.80. The Morgan fingerprint density at radius 3 is 2.46 bits per heavy atom. The van der Waals surface area contributed by atoms with E-state index in [-0.39, 0.29) is 35.4 Å². The monoisotopic (exact) mass is 358 g/mol. The number of hydrogen-bond acceptors (Lipinski definition) is 4. The molecule has 1 aromatic carbocycles. The SMILES string of the molecule is CCCCC(=O)OCc1cc(O)c([C@H]2C=C(C)C3C[C@@H]2C3(C)C)c(O)c1. The van der Waals surface area contributed by atoms with E-state index in [0.29, 0.717) is 29.4 Å². The largest absolute Gasteiger partial charge is 0.507 e. The van der Waals surface area contributed by atoms with Crippen molar-refractivity contribution in [2.45, 2.75) is 65.9 Å². The maximum atomic E-state index is 11.7. The third-order valence-corrected chi connectivity index (χ3v) is 6.43. The van der Waals surface area contributed by atoms with Gasteiger partial charge in [0.05, 0.1) is 0 Å². The van der Waals surface area contributed by atoms with E-state index in [1.54, 1.807) is 12.1 Å². The van der Waals surface area contributed by atoms with Crippen molar-refractivity contribution in [2.75, 3.05) is 0 Å². The summed E-state index contributed by atoms with van der Waals surface area (Å²) in [6.45, 7) is 8.78. The fourth-order valence-corrected chi connectivity index (χ4v) is 4.80. The number of phenolic OH excluding ortho intramolecular Hbond substituents is 2. The number of aromatic hydroxyl groups is 2. The lowest BCUT2D eigenvalue weighted by Crippen LogP contribution is -2.50. The van der Waals surface area contributed by atoms with Crippen LogP contribution in [0.4, 0.5) is 0 Å². The zero-order valence-electron chi connectivity index (χ0n) is 16.2. The lowest BCUT2D eigenvalue weighted by atomic mass is 9.45. The first-order valence-corrected chi connectivity index (χ1v) is 9.64. The van der Waals surface area contributed by atoms with Gasteiger partial charge in [-0.15, -0.1) is 0 Å². The molecule has 4 nitrogen and oxygen atoms in total. The zero-order chi connectivity index (χ0) is 19.1. The number of esters is 1. The minimum absolute atomic E-state index is 0.0242. The Bertz CT molecular complexity index is 709. The number of phenols is 2. The summed E-state index contributed by atoms with van der Waals surface area (Å²) in [6.07, 6.45) is 5.45. The molecule has 0 aliphatic heterocycles.